The maximum atomic E-state index is 15.2. The van der Waals surface area contributed by atoms with Crippen LogP contribution in [0.25, 0.3) is 11.1 Å². The molecule has 4 aromatic carbocycles. The number of unbranched alkanes of at least 4 members (excludes halogenated alkanes) is 2. The number of aryl methyl sites for hydroxylation is 6. The zero-order valence-corrected chi connectivity index (χ0v) is 28.5. The summed E-state index contributed by atoms with van der Waals surface area (Å²) in [7, 11) is 0. The Morgan fingerprint density at radius 1 is 0.619 bits per heavy atom. The van der Waals surface area contributed by atoms with Gasteiger partial charge in [0.25, 0.3) is 0 Å². The Balaban J connectivity index is 0.000000194. The molecular formula is C39H47BBrF. The lowest BCUT2D eigenvalue weighted by atomic mass is 9.53. The van der Waals surface area contributed by atoms with Crippen molar-refractivity contribution in [2.45, 2.75) is 99.3 Å². The van der Waals surface area contributed by atoms with Gasteiger partial charge in [0.2, 0.25) is 0 Å². The van der Waals surface area contributed by atoms with E-state index in [-0.39, 0.29) is 5.41 Å². The predicted octanol–water partition coefficient (Wildman–Crippen LogP) is 10.7. The van der Waals surface area contributed by atoms with Gasteiger partial charge in [0.1, 0.15) is 0 Å². The molecule has 0 heterocycles. The second-order valence-electron chi connectivity index (χ2n) is 12.5. The molecule has 0 N–H and O–H groups in total. The van der Waals surface area contributed by atoms with Crippen LogP contribution >= 0.6 is 15.9 Å². The minimum Gasteiger partial charge on any atom is -0.322 e. The van der Waals surface area contributed by atoms with E-state index in [1.165, 1.54) is 65.3 Å². The second kappa shape index (κ2) is 13.8. The molecule has 42 heavy (non-hydrogen) atoms. The van der Waals surface area contributed by atoms with Crippen molar-refractivity contribution in [1.29, 1.82) is 0 Å². The maximum absolute atomic E-state index is 15.2. The van der Waals surface area contributed by atoms with E-state index in [9.17, 15) is 0 Å². The van der Waals surface area contributed by atoms with E-state index < -0.39 is 6.99 Å². The van der Waals surface area contributed by atoms with E-state index in [0.29, 0.717) is 0 Å². The fraction of sp³-hybridized carbons (Fsp3) is 0.385. The Morgan fingerprint density at radius 2 is 1.07 bits per heavy atom. The van der Waals surface area contributed by atoms with Gasteiger partial charge in [-0.05, 0) is 99.7 Å². The normalized spacial score (nSPS) is 12.8. The maximum Gasteiger partial charge on any atom is 0.414 e. The van der Waals surface area contributed by atoms with Gasteiger partial charge in [-0.15, -0.1) is 0 Å². The van der Waals surface area contributed by atoms with Crippen molar-refractivity contribution in [3.63, 3.8) is 0 Å². The molecule has 5 rings (SSSR count). The first-order valence-electron chi connectivity index (χ1n) is 15.7. The average molecular weight is 626 g/mol. The van der Waals surface area contributed by atoms with Crippen LogP contribution in [0, 0.1) is 41.5 Å². The lowest BCUT2D eigenvalue weighted by molar-refractivity contribution is 0.414. The molecule has 0 saturated carbocycles. The molecule has 0 unspecified atom stereocenters. The Morgan fingerprint density at radius 3 is 1.55 bits per heavy atom. The van der Waals surface area contributed by atoms with Gasteiger partial charge in [-0.2, -0.15) is 0 Å². The highest BCUT2D eigenvalue weighted by Crippen LogP contribution is 2.54. The van der Waals surface area contributed by atoms with Crippen molar-refractivity contribution >= 4 is 33.8 Å². The number of hydrogen-bond acceptors (Lipinski definition) is 0. The van der Waals surface area contributed by atoms with Crippen molar-refractivity contribution in [3.8, 4) is 11.1 Å². The molecule has 0 saturated heterocycles. The third-order valence-electron chi connectivity index (χ3n) is 9.13. The molecule has 0 nitrogen and oxygen atoms in total. The van der Waals surface area contributed by atoms with Crippen molar-refractivity contribution in [2.75, 3.05) is 0 Å². The fourth-order valence-electron chi connectivity index (χ4n) is 7.38. The number of hydrogen-bond donors (Lipinski definition) is 0. The fourth-order valence-corrected chi connectivity index (χ4v) is 7.75. The molecule has 3 heteroatoms. The van der Waals surface area contributed by atoms with Crippen LogP contribution in [-0.4, -0.2) is 6.99 Å². The average Bonchev–Trinajstić information content (AvgIpc) is 3.19. The van der Waals surface area contributed by atoms with Gasteiger partial charge >= 0.3 is 6.99 Å². The molecule has 0 aliphatic heterocycles. The van der Waals surface area contributed by atoms with Gasteiger partial charge < -0.3 is 4.32 Å². The third-order valence-corrected chi connectivity index (χ3v) is 9.62. The van der Waals surface area contributed by atoms with Crippen LogP contribution in [-0.2, 0) is 5.41 Å². The summed E-state index contributed by atoms with van der Waals surface area (Å²) in [6.45, 7) is 15.7. The first-order valence-corrected chi connectivity index (χ1v) is 16.5. The smallest absolute Gasteiger partial charge is 0.322 e. The highest BCUT2D eigenvalue weighted by molar-refractivity contribution is 9.10. The van der Waals surface area contributed by atoms with Gasteiger partial charge in [0.15, 0.2) is 0 Å². The van der Waals surface area contributed by atoms with Crippen LogP contribution in [0.5, 0.6) is 0 Å². The molecule has 4 aromatic rings. The third kappa shape index (κ3) is 6.47. The number of benzene rings is 4. The zero-order chi connectivity index (χ0) is 30.6. The minimum atomic E-state index is -1.05. The lowest BCUT2D eigenvalue weighted by Gasteiger charge is -2.32. The molecule has 0 bridgehead atoms. The highest BCUT2D eigenvalue weighted by Gasteiger charge is 2.41. The predicted molar refractivity (Wildman–Crippen MR) is 187 cm³/mol. The van der Waals surface area contributed by atoms with E-state index in [4.69, 9.17) is 0 Å². The van der Waals surface area contributed by atoms with Gasteiger partial charge in [-0.3, -0.25) is 0 Å². The van der Waals surface area contributed by atoms with Gasteiger partial charge in [0.05, 0.1) is 0 Å². The number of rotatable bonds is 8. The van der Waals surface area contributed by atoms with Crippen LogP contribution < -0.4 is 10.9 Å². The van der Waals surface area contributed by atoms with Gasteiger partial charge in [0, 0.05) is 9.89 Å². The van der Waals surface area contributed by atoms with Gasteiger partial charge in [-0.1, -0.05) is 143 Å². The first-order chi connectivity index (χ1) is 20.0. The molecule has 0 radical (unpaired) electrons. The molecule has 0 fully saturated rings. The molecule has 0 aromatic heterocycles. The summed E-state index contributed by atoms with van der Waals surface area (Å²) in [5, 5.41) is 0. The summed E-state index contributed by atoms with van der Waals surface area (Å²) < 4.78 is 16.4. The highest BCUT2D eigenvalue weighted by atomic mass is 79.9. The molecule has 220 valence electrons. The van der Waals surface area contributed by atoms with Crippen LogP contribution in [0.1, 0.15) is 96.9 Å². The van der Waals surface area contributed by atoms with Crippen molar-refractivity contribution < 1.29 is 4.32 Å². The minimum absolute atomic E-state index is 0.235. The Bertz CT molecular complexity index is 1440. The van der Waals surface area contributed by atoms with Crippen LogP contribution in [0.2, 0.25) is 0 Å². The van der Waals surface area contributed by atoms with Crippen LogP contribution in [0.15, 0.2) is 71.2 Å². The van der Waals surface area contributed by atoms with E-state index in [1.807, 2.05) is 27.7 Å². The number of fused-ring (bicyclic) bond motifs is 3. The monoisotopic (exact) mass is 624 g/mol. The van der Waals surface area contributed by atoms with E-state index >= 15 is 4.32 Å². The molecular weight excluding hydrogens is 578 g/mol. The lowest BCUT2D eigenvalue weighted by Crippen LogP contribution is -2.44. The standard InChI is InChI=1S/C21H25Br.C18H22BF/c1-3-5-13-21(14-6-4-2)19-10-8-7-9-17(19)18-15-16(22)11-12-20(18)21;1-11-7-13(3)17(14(4)8-11)19(20)18-15(5)9-12(2)10-16(18)6/h7-12,15H,3-6,13-14H2,1-2H3;7-10H,1-6H3. The van der Waals surface area contributed by atoms with Gasteiger partial charge in [-0.25, -0.2) is 0 Å². The number of halogens is 2. The quantitative estimate of drug-likeness (QED) is 0.171. The second-order valence-corrected chi connectivity index (χ2v) is 13.4. The SMILES string of the molecule is CCCCC1(CCCC)c2ccccc2-c2cc(Br)ccc21.Cc1cc(C)c(B(F)c2c(C)cc(C)cc2C)c(C)c1. The first kappa shape index (κ1) is 32.3. The van der Waals surface area contributed by atoms with E-state index in [0.717, 1.165) is 33.2 Å². The Kier molecular flexibility index (Phi) is 10.6. The summed E-state index contributed by atoms with van der Waals surface area (Å²) in [6.07, 6.45) is 7.68. The van der Waals surface area contributed by atoms with E-state index in [1.54, 1.807) is 11.1 Å². The van der Waals surface area contributed by atoms with Crippen LogP contribution in [0.4, 0.5) is 4.32 Å². The molecule has 0 atom stereocenters. The summed E-state index contributed by atoms with van der Waals surface area (Å²) in [5.41, 5.74) is 14.4. The largest absolute Gasteiger partial charge is 0.414 e. The molecule has 1 aliphatic carbocycles. The summed E-state index contributed by atoms with van der Waals surface area (Å²) in [4.78, 5) is 0. The topological polar surface area (TPSA) is 0 Å². The van der Waals surface area contributed by atoms with Crippen molar-refractivity contribution in [2.24, 2.45) is 0 Å². The van der Waals surface area contributed by atoms with E-state index in [2.05, 4.69) is 110 Å². The zero-order valence-electron chi connectivity index (χ0n) is 26.9. The molecule has 0 amide bonds. The Hall–Kier alpha value is -2.65. The summed E-state index contributed by atoms with van der Waals surface area (Å²) >= 11 is 3.66. The van der Waals surface area contributed by atoms with Crippen molar-refractivity contribution in [1.82, 2.24) is 0 Å². The molecule has 1 aliphatic rings. The van der Waals surface area contributed by atoms with Crippen molar-refractivity contribution in [3.05, 3.63) is 116 Å². The molecule has 0 spiro atoms. The summed E-state index contributed by atoms with van der Waals surface area (Å²) in [5.74, 6) is 0. The summed E-state index contributed by atoms with van der Waals surface area (Å²) in [6, 6.07) is 24.2. The van der Waals surface area contributed by atoms with Crippen LogP contribution in [0.3, 0.4) is 0 Å². The Labute approximate surface area is 263 Å².